The molecule has 2 heteroatoms. The van der Waals surface area contributed by atoms with E-state index < -0.39 is 11.6 Å². The van der Waals surface area contributed by atoms with Gasteiger partial charge in [-0.25, -0.2) is 8.78 Å². The van der Waals surface area contributed by atoms with Crippen LogP contribution >= 0.6 is 0 Å². The number of hydrogen-bond donors (Lipinski definition) is 0. The molecule has 2 fully saturated rings. The Balaban J connectivity index is 1.40. The molecule has 0 amide bonds. The van der Waals surface area contributed by atoms with Gasteiger partial charge in [0.15, 0.2) is 11.6 Å². The second-order valence-electron chi connectivity index (χ2n) is 8.72. The molecule has 0 atom stereocenters. The maximum Gasteiger partial charge on any atom is 0.159 e. The van der Waals surface area contributed by atoms with Gasteiger partial charge in [-0.15, -0.1) is 0 Å². The highest BCUT2D eigenvalue weighted by molar-refractivity contribution is 5.23. The van der Waals surface area contributed by atoms with Gasteiger partial charge in [0.05, 0.1) is 0 Å². The summed E-state index contributed by atoms with van der Waals surface area (Å²) in [6.07, 6.45) is 15.1. The Morgan fingerprint density at radius 1 is 0.815 bits per heavy atom. The number of unbranched alkanes of at least 4 members (excludes halogenated alkanes) is 2. The van der Waals surface area contributed by atoms with Gasteiger partial charge in [-0.2, -0.15) is 0 Å². The van der Waals surface area contributed by atoms with Gasteiger partial charge in [0.2, 0.25) is 0 Å². The van der Waals surface area contributed by atoms with Crippen LogP contribution in [0, 0.1) is 41.2 Å². The highest BCUT2D eigenvalue weighted by Gasteiger charge is 2.23. The summed E-state index contributed by atoms with van der Waals surface area (Å²) in [4.78, 5) is 0. The third-order valence-electron chi connectivity index (χ3n) is 6.70. The van der Waals surface area contributed by atoms with E-state index >= 15 is 0 Å². The van der Waals surface area contributed by atoms with Crippen molar-refractivity contribution in [1.29, 1.82) is 0 Å². The van der Waals surface area contributed by atoms with Crippen molar-refractivity contribution in [2.45, 2.75) is 89.9 Å². The van der Waals surface area contributed by atoms with E-state index in [0.29, 0.717) is 17.8 Å². The van der Waals surface area contributed by atoms with Crippen molar-refractivity contribution in [2.24, 2.45) is 17.8 Å². The average Bonchev–Trinajstić information content (AvgIpc) is 2.70. The second-order valence-corrected chi connectivity index (χ2v) is 8.72. The third kappa shape index (κ3) is 6.06. The smallest absolute Gasteiger partial charge is 0.159 e. The Kier molecular flexibility index (Phi) is 7.74. The molecule has 0 N–H and O–H groups in total. The quantitative estimate of drug-likeness (QED) is 0.368. The van der Waals surface area contributed by atoms with Crippen molar-refractivity contribution in [3.8, 4) is 11.8 Å². The Morgan fingerprint density at radius 2 is 1.44 bits per heavy atom. The molecule has 0 spiro atoms. The molecule has 0 heterocycles. The van der Waals surface area contributed by atoms with E-state index in [2.05, 4.69) is 18.8 Å². The fourth-order valence-electron chi connectivity index (χ4n) is 4.85. The summed E-state index contributed by atoms with van der Waals surface area (Å²) >= 11 is 0. The molecule has 0 unspecified atom stereocenters. The third-order valence-corrected chi connectivity index (χ3v) is 6.70. The minimum Gasteiger partial charge on any atom is -0.204 e. The molecular formula is C25H34F2. The van der Waals surface area contributed by atoms with E-state index in [1.807, 2.05) is 0 Å². The zero-order chi connectivity index (χ0) is 19.1. The molecule has 2 saturated carbocycles. The summed E-state index contributed by atoms with van der Waals surface area (Å²) in [5, 5.41) is 0. The molecule has 0 radical (unpaired) electrons. The van der Waals surface area contributed by atoms with Crippen molar-refractivity contribution >= 4 is 0 Å². The first-order chi connectivity index (χ1) is 13.2. The van der Waals surface area contributed by atoms with Gasteiger partial charge in [-0.3, -0.25) is 0 Å². The van der Waals surface area contributed by atoms with E-state index in [-0.39, 0.29) is 0 Å². The van der Waals surface area contributed by atoms with Crippen molar-refractivity contribution in [3.05, 3.63) is 35.4 Å². The van der Waals surface area contributed by atoms with Crippen molar-refractivity contribution in [3.63, 3.8) is 0 Å². The molecule has 1 aromatic rings. The van der Waals surface area contributed by atoms with Crippen molar-refractivity contribution in [2.75, 3.05) is 0 Å². The lowest BCUT2D eigenvalue weighted by molar-refractivity contribution is 0.294. The molecule has 0 nitrogen and oxygen atoms in total. The average molecular weight is 373 g/mol. The lowest BCUT2D eigenvalue weighted by Crippen LogP contribution is -2.15. The lowest BCUT2D eigenvalue weighted by Gasteiger charge is -2.27. The van der Waals surface area contributed by atoms with Crippen LogP contribution in [0.2, 0.25) is 0 Å². The summed E-state index contributed by atoms with van der Waals surface area (Å²) in [6.45, 7) is 2.28. The largest absolute Gasteiger partial charge is 0.204 e. The van der Waals surface area contributed by atoms with Gasteiger partial charge >= 0.3 is 0 Å². The summed E-state index contributed by atoms with van der Waals surface area (Å²) < 4.78 is 26.6. The van der Waals surface area contributed by atoms with E-state index in [1.54, 1.807) is 6.07 Å². The summed E-state index contributed by atoms with van der Waals surface area (Å²) in [7, 11) is 0. The number of hydrogen-bond acceptors (Lipinski definition) is 0. The maximum atomic E-state index is 13.5. The van der Waals surface area contributed by atoms with E-state index in [1.165, 1.54) is 63.5 Å². The molecule has 148 valence electrons. The fraction of sp³-hybridized carbons (Fsp3) is 0.680. The summed E-state index contributed by atoms with van der Waals surface area (Å²) in [6, 6.07) is 4.38. The van der Waals surface area contributed by atoms with Gasteiger partial charge in [-0.1, -0.05) is 50.5 Å². The van der Waals surface area contributed by atoms with E-state index in [4.69, 9.17) is 0 Å². The highest BCUT2D eigenvalue weighted by Crippen LogP contribution is 2.36. The summed E-state index contributed by atoms with van der Waals surface area (Å²) in [5.41, 5.74) is 0.946. The first-order valence-electron chi connectivity index (χ1n) is 11.1. The zero-order valence-corrected chi connectivity index (χ0v) is 16.8. The van der Waals surface area contributed by atoms with Crippen LogP contribution in [0.25, 0.3) is 0 Å². The monoisotopic (exact) mass is 372 g/mol. The van der Waals surface area contributed by atoms with Crippen molar-refractivity contribution < 1.29 is 8.78 Å². The minimum absolute atomic E-state index is 0.358. The normalized spacial score (nSPS) is 28.4. The molecule has 0 aliphatic heterocycles. The van der Waals surface area contributed by atoms with Gasteiger partial charge < -0.3 is 0 Å². The van der Waals surface area contributed by atoms with Crippen molar-refractivity contribution in [1.82, 2.24) is 0 Å². The minimum atomic E-state index is -0.751. The van der Waals surface area contributed by atoms with Crippen LogP contribution in [0.15, 0.2) is 18.2 Å². The fourth-order valence-corrected chi connectivity index (χ4v) is 4.85. The Bertz CT molecular complexity index is 638. The van der Waals surface area contributed by atoms with Crippen LogP contribution in [0.1, 0.15) is 95.5 Å². The Labute approximate surface area is 164 Å². The van der Waals surface area contributed by atoms with Gasteiger partial charge in [0, 0.05) is 11.8 Å². The first kappa shape index (κ1) is 20.4. The molecule has 27 heavy (non-hydrogen) atoms. The molecule has 1 aromatic carbocycles. The first-order valence-corrected chi connectivity index (χ1v) is 11.1. The van der Waals surface area contributed by atoms with E-state index in [0.717, 1.165) is 37.2 Å². The van der Waals surface area contributed by atoms with Crippen LogP contribution in [-0.2, 0) is 0 Å². The van der Waals surface area contributed by atoms with Crippen LogP contribution < -0.4 is 0 Å². The predicted octanol–water partition coefficient (Wildman–Crippen LogP) is 7.63. The molecule has 0 saturated heterocycles. The second kappa shape index (κ2) is 10.3. The van der Waals surface area contributed by atoms with Crippen LogP contribution in [0.3, 0.4) is 0 Å². The highest BCUT2D eigenvalue weighted by atomic mass is 19.2. The van der Waals surface area contributed by atoms with Gasteiger partial charge in [0.1, 0.15) is 0 Å². The zero-order valence-electron chi connectivity index (χ0n) is 16.8. The SMILES string of the molecule is CCCCC[C@H]1CC[C@H](C#C[C@H]2CC[C@H](c3ccc(F)c(F)c3)CC2)CC1. The molecule has 2 aliphatic rings. The maximum absolute atomic E-state index is 13.5. The topological polar surface area (TPSA) is 0 Å². The van der Waals surface area contributed by atoms with Crippen LogP contribution in [0.5, 0.6) is 0 Å². The number of halogens is 2. The molecule has 3 rings (SSSR count). The lowest BCUT2D eigenvalue weighted by atomic mass is 9.77. The number of rotatable bonds is 5. The van der Waals surface area contributed by atoms with E-state index in [9.17, 15) is 8.78 Å². The Hall–Kier alpha value is -1.36. The molecule has 0 aromatic heterocycles. The van der Waals surface area contributed by atoms with Crippen LogP contribution in [-0.4, -0.2) is 0 Å². The van der Waals surface area contributed by atoms with Crippen LogP contribution in [0.4, 0.5) is 8.78 Å². The summed E-state index contributed by atoms with van der Waals surface area (Å²) in [5.74, 6) is 8.09. The molecular weight excluding hydrogens is 338 g/mol. The standard InChI is InChI=1S/C25H34F2/c1-2-3-4-5-19-6-8-20(9-7-19)10-11-21-12-14-22(15-13-21)23-16-17-24(26)25(27)18-23/h16-22H,2-9,12-15H2,1H3/t19-,20-,21-,22-. The molecule has 2 aliphatic carbocycles. The molecule has 0 bridgehead atoms. The number of benzene rings is 1. The predicted molar refractivity (Wildman–Crippen MR) is 108 cm³/mol. The Morgan fingerprint density at radius 3 is 2.04 bits per heavy atom. The van der Waals surface area contributed by atoms with Gasteiger partial charge in [-0.05, 0) is 80.9 Å². The van der Waals surface area contributed by atoms with Gasteiger partial charge in [0.25, 0.3) is 0 Å².